The fraction of sp³-hybridized carbons (Fsp3) is 0.269. The van der Waals surface area contributed by atoms with E-state index in [1.807, 2.05) is 37.4 Å². The number of anilines is 4. The number of benzene rings is 1. The van der Waals surface area contributed by atoms with Crippen molar-refractivity contribution in [2.45, 2.75) is 20.8 Å². The number of nitrogens with zero attached hydrogens (tertiary/aromatic N) is 5. The second-order valence-corrected chi connectivity index (χ2v) is 8.54. The predicted molar refractivity (Wildman–Crippen MR) is 137 cm³/mol. The molecule has 4 heterocycles. The van der Waals surface area contributed by atoms with Gasteiger partial charge in [0.15, 0.2) is 11.6 Å². The highest BCUT2D eigenvalue weighted by molar-refractivity contribution is 6.03. The maximum Gasteiger partial charge on any atom is 0.277 e. The highest BCUT2D eigenvalue weighted by atomic mass is 16.5. The van der Waals surface area contributed by atoms with Gasteiger partial charge in [0, 0.05) is 49.3 Å². The molecule has 0 unspecified atom stereocenters. The fourth-order valence-electron chi connectivity index (χ4n) is 4.03. The molecule has 1 aliphatic rings. The molecule has 1 fully saturated rings. The van der Waals surface area contributed by atoms with Gasteiger partial charge in [-0.25, -0.2) is 15.0 Å². The van der Waals surface area contributed by atoms with Crippen LogP contribution in [0.2, 0.25) is 0 Å². The lowest BCUT2D eigenvalue weighted by Gasteiger charge is -2.28. The third-order valence-corrected chi connectivity index (χ3v) is 5.91. The Hall–Kier alpha value is -4.31. The number of aryl methyl sites for hydroxylation is 3. The molecule has 1 saturated heterocycles. The lowest BCUT2D eigenvalue weighted by Crippen LogP contribution is -2.36. The van der Waals surface area contributed by atoms with Crippen LogP contribution in [0.25, 0.3) is 11.3 Å². The number of pyridine rings is 1. The minimum Gasteiger partial charge on any atom is -0.445 e. The molecule has 0 saturated carbocycles. The van der Waals surface area contributed by atoms with E-state index in [1.54, 1.807) is 26.2 Å². The number of carbonyl (C=O) groups excluding carboxylic acids is 1. The summed E-state index contributed by atoms with van der Waals surface area (Å²) in [7, 11) is 0. The lowest BCUT2D eigenvalue weighted by molar-refractivity contribution is 0.102. The van der Waals surface area contributed by atoms with Crippen molar-refractivity contribution in [3.63, 3.8) is 0 Å². The second-order valence-electron chi connectivity index (χ2n) is 8.54. The number of nitrogens with one attached hydrogen (secondary N) is 2. The molecule has 0 aliphatic carbocycles. The van der Waals surface area contributed by atoms with Crippen molar-refractivity contribution in [1.82, 2.24) is 19.9 Å². The van der Waals surface area contributed by atoms with Gasteiger partial charge in [0.1, 0.15) is 5.76 Å². The summed E-state index contributed by atoms with van der Waals surface area (Å²) in [4.78, 5) is 32.6. The highest BCUT2D eigenvalue weighted by Crippen LogP contribution is 2.26. The number of carbonyl (C=O) groups is 1. The minimum atomic E-state index is -0.329. The zero-order valence-electron chi connectivity index (χ0n) is 20.4. The van der Waals surface area contributed by atoms with Crippen LogP contribution < -0.4 is 15.5 Å². The van der Waals surface area contributed by atoms with Crippen LogP contribution in [0.5, 0.6) is 0 Å². The largest absolute Gasteiger partial charge is 0.445 e. The summed E-state index contributed by atoms with van der Waals surface area (Å²) in [5.41, 5.74) is 5.35. The number of hydrogen-bond donors (Lipinski definition) is 2. The molecule has 1 aromatic carbocycles. The van der Waals surface area contributed by atoms with Crippen molar-refractivity contribution >= 4 is 28.9 Å². The van der Waals surface area contributed by atoms with Crippen LogP contribution in [0.4, 0.5) is 23.0 Å². The van der Waals surface area contributed by atoms with E-state index in [1.165, 1.54) is 0 Å². The summed E-state index contributed by atoms with van der Waals surface area (Å²) >= 11 is 0. The van der Waals surface area contributed by atoms with E-state index < -0.39 is 0 Å². The smallest absolute Gasteiger partial charge is 0.277 e. The number of aromatic nitrogens is 4. The average Bonchev–Trinajstić information content (AvgIpc) is 3.24. The Balaban J connectivity index is 1.34. The van der Waals surface area contributed by atoms with Gasteiger partial charge in [-0.3, -0.25) is 9.78 Å². The normalized spacial score (nSPS) is 13.5. The Morgan fingerprint density at radius 3 is 2.64 bits per heavy atom. The molecule has 0 radical (unpaired) electrons. The van der Waals surface area contributed by atoms with Crippen LogP contribution in [0.1, 0.15) is 27.7 Å². The Morgan fingerprint density at radius 2 is 1.86 bits per heavy atom. The molecule has 0 atom stereocenters. The summed E-state index contributed by atoms with van der Waals surface area (Å²) in [5.74, 6) is 1.04. The van der Waals surface area contributed by atoms with E-state index in [0.29, 0.717) is 36.5 Å². The third-order valence-electron chi connectivity index (χ3n) is 5.91. The van der Waals surface area contributed by atoms with Crippen LogP contribution in [0.3, 0.4) is 0 Å². The Kier molecular flexibility index (Phi) is 6.59. The summed E-state index contributed by atoms with van der Waals surface area (Å²) in [6.07, 6.45) is 5.37. The molecule has 0 spiro atoms. The van der Waals surface area contributed by atoms with Crippen molar-refractivity contribution in [3.8, 4) is 11.3 Å². The fourth-order valence-corrected chi connectivity index (χ4v) is 4.03. The number of hydrogen-bond acceptors (Lipinski definition) is 9. The van der Waals surface area contributed by atoms with Gasteiger partial charge in [0.05, 0.1) is 30.8 Å². The SMILES string of the molecule is Cc1nc(C(=O)Nc2ccc(C)c(Nc3nccc(-c4cncc(N5CCOCC5)c4)n3)c2)c(C)o1. The van der Waals surface area contributed by atoms with Crippen molar-refractivity contribution in [2.75, 3.05) is 41.8 Å². The quantitative estimate of drug-likeness (QED) is 0.412. The molecule has 10 nitrogen and oxygen atoms in total. The van der Waals surface area contributed by atoms with Crippen LogP contribution in [-0.4, -0.2) is 52.1 Å². The molecule has 5 rings (SSSR count). The molecule has 3 aromatic heterocycles. The standard InChI is InChI=1S/C26H27N7O3/c1-16-4-5-20(30-25(34)24-17(2)36-18(3)29-24)13-23(16)32-26-28-7-6-22(31-26)19-12-21(15-27-14-19)33-8-10-35-11-9-33/h4-7,12-15H,8-11H2,1-3H3,(H,30,34)(H,28,31,32). The zero-order chi connectivity index (χ0) is 25.1. The Bertz CT molecular complexity index is 1400. The number of morpholine rings is 1. The van der Waals surface area contributed by atoms with Crippen LogP contribution >= 0.6 is 0 Å². The van der Waals surface area contributed by atoms with E-state index in [9.17, 15) is 4.79 Å². The molecule has 2 N–H and O–H groups in total. The monoisotopic (exact) mass is 485 g/mol. The van der Waals surface area contributed by atoms with Gasteiger partial charge in [-0.15, -0.1) is 0 Å². The van der Waals surface area contributed by atoms with E-state index >= 15 is 0 Å². The van der Waals surface area contributed by atoms with Crippen LogP contribution in [0, 0.1) is 20.8 Å². The first-order chi connectivity index (χ1) is 17.5. The van der Waals surface area contributed by atoms with Crippen molar-refractivity contribution in [1.29, 1.82) is 0 Å². The maximum atomic E-state index is 12.7. The van der Waals surface area contributed by atoms with Crippen molar-refractivity contribution < 1.29 is 13.9 Å². The summed E-state index contributed by atoms with van der Waals surface area (Å²) in [5, 5.41) is 6.15. The number of rotatable bonds is 6. The van der Waals surface area contributed by atoms with Gasteiger partial charge in [0.2, 0.25) is 5.95 Å². The molecular weight excluding hydrogens is 458 g/mol. The molecule has 4 aromatic rings. The number of amides is 1. The first-order valence-corrected chi connectivity index (χ1v) is 11.7. The van der Waals surface area contributed by atoms with Crippen LogP contribution in [0.15, 0.2) is 53.3 Å². The Morgan fingerprint density at radius 1 is 1.03 bits per heavy atom. The van der Waals surface area contributed by atoms with Gasteiger partial charge in [-0.1, -0.05) is 6.07 Å². The summed E-state index contributed by atoms with van der Waals surface area (Å²) in [6, 6.07) is 9.53. The van der Waals surface area contributed by atoms with Gasteiger partial charge in [-0.05, 0) is 43.7 Å². The highest BCUT2D eigenvalue weighted by Gasteiger charge is 2.17. The average molecular weight is 486 g/mol. The molecule has 184 valence electrons. The topological polar surface area (TPSA) is 118 Å². The van der Waals surface area contributed by atoms with E-state index in [2.05, 4.69) is 36.6 Å². The lowest BCUT2D eigenvalue weighted by atomic mass is 10.1. The van der Waals surface area contributed by atoms with Crippen molar-refractivity contribution in [2.24, 2.45) is 0 Å². The zero-order valence-corrected chi connectivity index (χ0v) is 20.4. The first-order valence-electron chi connectivity index (χ1n) is 11.7. The molecule has 36 heavy (non-hydrogen) atoms. The van der Waals surface area contributed by atoms with E-state index in [4.69, 9.17) is 14.1 Å². The maximum absolute atomic E-state index is 12.7. The summed E-state index contributed by atoms with van der Waals surface area (Å²) in [6.45, 7) is 8.49. The van der Waals surface area contributed by atoms with E-state index in [0.717, 1.165) is 41.3 Å². The third kappa shape index (κ3) is 5.18. The predicted octanol–water partition coefficient (Wildman–Crippen LogP) is 4.28. The first kappa shape index (κ1) is 23.4. The molecule has 1 aliphatic heterocycles. The van der Waals surface area contributed by atoms with E-state index in [-0.39, 0.29) is 11.6 Å². The number of oxazole rings is 1. The molecule has 0 bridgehead atoms. The number of ether oxygens (including phenoxy) is 1. The minimum absolute atomic E-state index is 0.270. The molecular formula is C26H27N7O3. The second kappa shape index (κ2) is 10.1. The van der Waals surface area contributed by atoms with Gasteiger partial charge >= 0.3 is 0 Å². The van der Waals surface area contributed by atoms with Gasteiger partial charge < -0.3 is 24.7 Å². The molecule has 1 amide bonds. The van der Waals surface area contributed by atoms with Crippen molar-refractivity contribution in [3.05, 3.63) is 71.8 Å². The Labute approximate surface area is 208 Å². The molecule has 10 heteroatoms. The summed E-state index contributed by atoms with van der Waals surface area (Å²) < 4.78 is 10.8. The van der Waals surface area contributed by atoms with Gasteiger partial charge in [-0.2, -0.15) is 0 Å². The van der Waals surface area contributed by atoms with Gasteiger partial charge in [0.25, 0.3) is 5.91 Å². The van der Waals surface area contributed by atoms with Crippen LogP contribution in [-0.2, 0) is 4.74 Å².